The predicted molar refractivity (Wildman–Crippen MR) is 122 cm³/mol. The van der Waals surface area contributed by atoms with Crippen LogP contribution in [-0.2, 0) is 16.6 Å². The molecule has 0 aromatic heterocycles. The van der Waals surface area contributed by atoms with Gasteiger partial charge < -0.3 is 11.1 Å². The first-order valence-electron chi connectivity index (χ1n) is 11.9. The highest BCUT2D eigenvalue weighted by Gasteiger charge is 2.54. The van der Waals surface area contributed by atoms with Crippen LogP contribution in [0.15, 0.2) is 18.2 Å². The molecule has 0 heterocycles. The van der Waals surface area contributed by atoms with Crippen LogP contribution in [-0.4, -0.2) is 19.0 Å². The van der Waals surface area contributed by atoms with Crippen molar-refractivity contribution in [2.45, 2.75) is 96.8 Å². The van der Waals surface area contributed by atoms with E-state index < -0.39 is 0 Å². The van der Waals surface area contributed by atoms with Crippen molar-refractivity contribution in [1.29, 1.82) is 0 Å². The lowest BCUT2D eigenvalue weighted by molar-refractivity contribution is -0.139. The van der Waals surface area contributed by atoms with Crippen LogP contribution in [0.2, 0.25) is 0 Å². The zero-order valence-corrected chi connectivity index (χ0v) is 19.2. The molecule has 3 N–H and O–H groups in total. The average Bonchev–Trinajstić information content (AvgIpc) is 2.69. The van der Waals surface area contributed by atoms with E-state index >= 15 is 0 Å². The molecule has 1 aromatic rings. The number of carbonyl (C=O) groups excluding carboxylic acids is 1. The predicted octanol–water partition coefficient (Wildman–Crippen LogP) is 5.46. The molecule has 1 amide bonds. The van der Waals surface area contributed by atoms with Crippen molar-refractivity contribution < 1.29 is 4.79 Å². The van der Waals surface area contributed by atoms with Gasteiger partial charge in [0.05, 0.1) is 5.41 Å². The smallest absolute Gasteiger partial charge is 0.226 e. The molecular weight excluding hydrogens is 356 g/mol. The largest absolute Gasteiger partial charge is 0.356 e. The van der Waals surface area contributed by atoms with E-state index in [1.54, 1.807) is 0 Å². The Bertz CT molecular complexity index is 713. The Labute approximate surface area is 178 Å². The Hall–Kier alpha value is -1.35. The van der Waals surface area contributed by atoms with E-state index in [1.165, 1.54) is 29.5 Å². The minimum atomic E-state index is -0.251. The molecule has 1 saturated carbocycles. The van der Waals surface area contributed by atoms with Crippen LogP contribution in [0.1, 0.15) is 102 Å². The fourth-order valence-electron chi connectivity index (χ4n) is 6.17. The van der Waals surface area contributed by atoms with Gasteiger partial charge in [0.25, 0.3) is 0 Å². The van der Waals surface area contributed by atoms with Crippen LogP contribution in [0.3, 0.4) is 0 Å². The molecule has 3 atom stereocenters. The Morgan fingerprint density at radius 1 is 1.17 bits per heavy atom. The Balaban J connectivity index is 1.74. The molecule has 162 valence electrons. The summed E-state index contributed by atoms with van der Waals surface area (Å²) in [5.41, 5.74) is 9.92. The van der Waals surface area contributed by atoms with Gasteiger partial charge >= 0.3 is 0 Å². The molecule has 2 aliphatic carbocycles. The van der Waals surface area contributed by atoms with Gasteiger partial charge in [-0.2, -0.15) is 0 Å². The average molecular weight is 399 g/mol. The van der Waals surface area contributed by atoms with E-state index in [4.69, 9.17) is 5.73 Å². The first kappa shape index (κ1) is 22.3. The van der Waals surface area contributed by atoms with Gasteiger partial charge in [-0.15, -0.1) is 0 Å². The number of hydrogen-bond donors (Lipinski definition) is 2. The number of nitrogens with two attached hydrogens (primary N) is 1. The maximum atomic E-state index is 13.3. The summed E-state index contributed by atoms with van der Waals surface area (Å²) in [6.45, 7) is 10.8. The van der Waals surface area contributed by atoms with Crippen LogP contribution < -0.4 is 11.1 Å². The van der Waals surface area contributed by atoms with Crippen molar-refractivity contribution in [3.8, 4) is 0 Å². The molecule has 0 radical (unpaired) electrons. The molecular formula is C26H42N2O. The molecule has 1 aromatic carbocycles. The van der Waals surface area contributed by atoms with E-state index in [2.05, 4.69) is 51.2 Å². The number of nitrogens with one attached hydrogen (secondary N) is 1. The number of hydrogen-bond acceptors (Lipinski definition) is 2. The van der Waals surface area contributed by atoms with Crippen molar-refractivity contribution >= 4 is 5.91 Å². The van der Waals surface area contributed by atoms with E-state index in [1.807, 2.05) is 0 Å². The van der Waals surface area contributed by atoms with Gasteiger partial charge in [-0.1, -0.05) is 65.2 Å². The normalized spacial score (nSPS) is 28.7. The van der Waals surface area contributed by atoms with Gasteiger partial charge in [-0.3, -0.25) is 4.79 Å². The van der Waals surface area contributed by atoms with Gasteiger partial charge in [0.2, 0.25) is 5.91 Å². The van der Waals surface area contributed by atoms with Crippen LogP contribution >= 0.6 is 0 Å². The van der Waals surface area contributed by atoms with Crippen molar-refractivity contribution in [1.82, 2.24) is 5.32 Å². The zero-order valence-electron chi connectivity index (χ0n) is 19.2. The van der Waals surface area contributed by atoms with Crippen LogP contribution in [0.5, 0.6) is 0 Å². The summed E-state index contributed by atoms with van der Waals surface area (Å²) in [6.07, 6.45) is 10.1. The third-order valence-electron chi connectivity index (χ3n) is 7.98. The maximum Gasteiger partial charge on any atom is 0.226 e. The van der Waals surface area contributed by atoms with Gasteiger partial charge in [-0.25, -0.2) is 0 Å². The molecule has 0 aliphatic heterocycles. The summed E-state index contributed by atoms with van der Waals surface area (Å²) in [5, 5.41) is 3.30. The number of aryl methyl sites for hydroxylation is 1. The summed E-state index contributed by atoms with van der Waals surface area (Å²) in [7, 11) is 0. The van der Waals surface area contributed by atoms with Gasteiger partial charge in [0, 0.05) is 6.54 Å². The van der Waals surface area contributed by atoms with Crippen molar-refractivity contribution in [3.05, 3.63) is 34.9 Å². The summed E-state index contributed by atoms with van der Waals surface area (Å²) < 4.78 is 0. The first-order chi connectivity index (χ1) is 13.8. The SMILES string of the molecule is CC(C)c1ccc2c(c1)CCC1[C@@]2(C)CCC[C@]1(C)C(=O)NCCCCCCN. The second-order valence-corrected chi connectivity index (χ2v) is 10.3. The molecule has 0 bridgehead atoms. The van der Waals surface area contributed by atoms with Gasteiger partial charge in [-0.05, 0) is 79.0 Å². The topological polar surface area (TPSA) is 55.1 Å². The molecule has 1 fully saturated rings. The molecule has 0 spiro atoms. The van der Waals surface area contributed by atoms with Gasteiger partial charge in [0.1, 0.15) is 0 Å². The Kier molecular flexibility index (Phi) is 7.09. The van der Waals surface area contributed by atoms with Crippen LogP contribution in [0.25, 0.3) is 0 Å². The highest BCUT2D eigenvalue weighted by atomic mass is 16.2. The third kappa shape index (κ3) is 4.40. The second kappa shape index (κ2) is 9.20. The third-order valence-corrected chi connectivity index (χ3v) is 7.98. The summed E-state index contributed by atoms with van der Waals surface area (Å²) >= 11 is 0. The number of unbranched alkanes of at least 4 members (excludes halogenated alkanes) is 3. The molecule has 3 heteroatoms. The number of amides is 1. The minimum absolute atomic E-state index is 0.120. The van der Waals surface area contributed by atoms with Crippen molar-refractivity contribution in [3.63, 3.8) is 0 Å². The number of fused-ring (bicyclic) bond motifs is 3. The van der Waals surface area contributed by atoms with E-state index in [9.17, 15) is 4.79 Å². The highest BCUT2D eigenvalue weighted by Crippen LogP contribution is 2.57. The monoisotopic (exact) mass is 398 g/mol. The minimum Gasteiger partial charge on any atom is -0.356 e. The zero-order chi connectivity index (χ0) is 21.1. The maximum absolute atomic E-state index is 13.3. The highest BCUT2D eigenvalue weighted by molar-refractivity contribution is 5.83. The lowest BCUT2D eigenvalue weighted by Crippen LogP contribution is -2.55. The molecule has 3 rings (SSSR count). The van der Waals surface area contributed by atoms with Crippen molar-refractivity contribution in [2.24, 2.45) is 17.1 Å². The van der Waals surface area contributed by atoms with E-state index in [-0.39, 0.29) is 16.7 Å². The molecule has 3 nitrogen and oxygen atoms in total. The Morgan fingerprint density at radius 3 is 2.66 bits per heavy atom. The van der Waals surface area contributed by atoms with Gasteiger partial charge in [0.15, 0.2) is 0 Å². The summed E-state index contributed by atoms with van der Waals surface area (Å²) in [6, 6.07) is 7.15. The fourth-order valence-corrected chi connectivity index (χ4v) is 6.17. The molecule has 2 aliphatic rings. The number of benzene rings is 1. The Morgan fingerprint density at radius 2 is 1.93 bits per heavy atom. The molecule has 1 unspecified atom stereocenters. The fraction of sp³-hybridized carbons (Fsp3) is 0.731. The lowest BCUT2D eigenvalue weighted by Gasteiger charge is -2.54. The molecule has 29 heavy (non-hydrogen) atoms. The first-order valence-corrected chi connectivity index (χ1v) is 11.9. The summed E-state index contributed by atoms with van der Waals surface area (Å²) in [4.78, 5) is 13.3. The number of carbonyl (C=O) groups is 1. The second-order valence-electron chi connectivity index (χ2n) is 10.3. The number of rotatable bonds is 8. The molecule has 0 saturated heterocycles. The quantitative estimate of drug-likeness (QED) is 0.572. The van der Waals surface area contributed by atoms with Crippen LogP contribution in [0, 0.1) is 11.3 Å². The van der Waals surface area contributed by atoms with Crippen molar-refractivity contribution in [2.75, 3.05) is 13.1 Å². The standard InChI is InChI=1S/C26H42N2O/c1-19(2)20-10-12-22-21(18-20)11-13-23-25(22,3)14-9-15-26(23,4)24(29)28-17-8-6-5-7-16-27/h10,12,18-19,23H,5-9,11,13-17,27H2,1-4H3,(H,28,29)/t23?,25-,26-/m0/s1. The van der Waals surface area contributed by atoms with E-state index in [0.717, 1.165) is 58.0 Å². The lowest BCUT2D eigenvalue weighted by atomic mass is 9.49. The van der Waals surface area contributed by atoms with Crippen LogP contribution in [0.4, 0.5) is 0 Å². The summed E-state index contributed by atoms with van der Waals surface area (Å²) in [5.74, 6) is 1.28. The van der Waals surface area contributed by atoms with E-state index in [0.29, 0.717) is 11.8 Å².